The van der Waals surface area contributed by atoms with Gasteiger partial charge in [0.1, 0.15) is 5.75 Å². The Morgan fingerprint density at radius 2 is 1.96 bits per heavy atom. The summed E-state index contributed by atoms with van der Waals surface area (Å²) in [7, 11) is 0. The van der Waals surface area contributed by atoms with Gasteiger partial charge in [0.2, 0.25) is 5.91 Å². The third kappa shape index (κ3) is 6.67. The van der Waals surface area contributed by atoms with Crippen LogP contribution in [0.2, 0.25) is 0 Å². The molecule has 1 aromatic rings. The van der Waals surface area contributed by atoms with E-state index in [1.165, 1.54) is 0 Å². The number of hydrogen-bond acceptors (Lipinski definition) is 4. The number of ether oxygens (including phenoxy) is 1. The Hall–Kier alpha value is -1.30. The fourth-order valence-corrected chi connectivity index (χ4v) is 2.94. The van der Waals surface area contributed by atoms with Gasteiger partial charge in [0.05, 0.1) is 18.8 Å². The molecule has 1 heterocycles. The van der Waals surface area contributed by atoms with Crippen molar-refractivity contribution >= 4 is 24.0 Å². The van der Waals surface area contributed by atoms with Gasteiger partial charge in [0.15, 0.2) is 0 Å². The van der Waals surface area contributed by atoms with E-state index in [-0.39, 0.29) is 18.3 Å². The maximum atomic E-state index is 12.3. The minimum atomic E-state index is 0. The molecular weight excluding hydrogens is 326 g/mol. The second-order valence-corrected chi connectivity index (χ2v) is 6.00. The number of halogens is 1. The normalized spacial score (nSPS) is 15.6. The summed E-state index contributed by atoms with van der Waals surface area (Å²) >= 11 is 0. The Balaban J connectivity index is 0.00000288. The molecule has 2 N–H and O–H groups in total. The number of hydrogen-bond donors (Lipinski definition) is 2. The van der Waals surface area contributed by atoms with Crippen molar-refractivity contribution in [3.8, 4) is 5.75 Å². The molecule has 1 aromatic carbocycles. The van der Waals surface area contributed by atoms with Crippen LogP contribution >= 0.6 is 12.4 Å². The highest BCUT2D eigenvalue weighted by atomic mass is 35.5. The lowest BCUT2D eigenvalue weighted by Gasteiger charge is -2.31. The van der Waals surface area contributed by atoms with E-state index in [4.69, 9.17) is 4.74 Å². The zero-order chi connectivity index (χ0) is 16.5. The Morgan fingerprint density at radius 1 is 1.25 bits per heavy atom. The number of amides is 1. The number of para-hydroxylation sites is 2. The van der Waals surface area contributed by atoms with Gasteiger partial charge in [-0.15, -0.1) is 12.4 Å². The summed E-state index contributed by atoms with van der Waals surface area (Å²) in [6, 6.07) is 7.58. The van der Waals surface area contributed by atoms with E-state index < -0.39 is 0 Å². The van der Waals surface area contributed by atoms with Crippen LogP contribution in [-0.2, 0) is 4.79 Å². The Labute approximate surface area is 151 Å². The molecule has 0 bridgehead atoms. The Bertz CT molecular complexity index is 491. The number of carbonyl (C=O) groups is 1. The molecule has 0 unspecified atom stereocenters. The van der Waals surface area contributed by atoms with Crippen LogP contribution in [0.4, 0.5) is 5.69 Å². The molecule has 2 rings (SSSR count). The van der Waals surface area contributed by atoms with Crippen LogP contribution in [0.3, 0.4) is 0 Å². The molecule has 0 atom stereocenters. The van der Waals surface area contributed by atoms with Crippen LogP contribution in [0.5, 0.6) is 5.75 Å². The van der Waals surface area contributed by atoms with E-state index in [0.29, 0.717) is 13.2 Å². The smallest absolute Gasteiger partial charge is 0.238 e. The Kier molecular flexibility index (Phi) is 9.76. The summed E-state index contributed by atoms with van der Waals surface area (Å²) in [5, 5.41) is 6.38. The molecule has 136 valence electrons. The van der Waals surface area contributed by atoms with E-state index >= 15 is 0 Å². The van der Waals surface area contributed by atoms with Gasteiger partial charge in [-0.2, -0.15) is 0 Å². The van der Waals surface area contributed by atoms with Gasteiger partial charge in [0.25, 0.3) is 0 Å². The molecule has 1 aliphatic heterocycles. The van der Waals surface area contributed by atoms with Crippen molar-refractivity contribution in [3.05, 3.63) is 24.3 Å². The first kappa shape index (κ1) is 20.7. The second kappa shape index (κ2) is 11.3. The predicted molar refractivity (Wildman–Crippen MR) is 101 cm³/mol. The number of anilines is 1. The van der Waals surface area contributed by atoms with E-state index in [2.05, 4.69) is 22.5 Å². The molecule has 24 heavy (non-hydrogen) atoms. The monoisotopic (exact) mass is 355 g/mol. The molecule has 0 aliphatic carbocycles. The van der Waals surface area contributed by atoms with Crippen LogP contribution in [-0.4, -0.2) is 50.1 Å². The van der Waals surface area contributed by atoms with Crippen molar-refractivity contribution in [2.75, 3.05) is 44.6 Å². The van der Waals surface area contributed by atoms with E-state index in [1.807, 2.05) is 31.2 Å². The third-order valence-corrected chi connectivity index (χ3v) is 4.22. The number of carbonyl (C=O) groups excluding carboxylic acids is 1. The van der Waals surface area contributed by atoms with Gasteiger partial charge >= 0.3 is 0 Å². The number of nitrogens with one attached hydrogen (secondary N) is 2. The number of benzene rings is 1. The lowest BCUT2D eigenvalue weighted by atomic mass is 9.97. The maximum absolute atomic E-state index is 12.3. The molecule has 5 nitrogen and oxygen atoms in total. The van der Waals surface area contributed by atoms with Gasteiger partial charge in [0, 0.05) is 0 Å². The van der Waals surface area contributed by atoms with Gasteiger partial charge < -0.3 is 15.4 Å². The summed E-state index contributed by atoms with van der Waals surface area (Å²) in [6.07, 6.45) is 2.33. The molecular formula is C18H30ClN3O2. The van der Waals surface area contributed by atoms with Crippen LogP contribution in [0, 0.1) is 5.92 Å². The summed E-state index contributed by atoms with van der Waals surface area (Å²) in [4.78, 5) is 14.5. The predicted octanol–water partition coefficient (Wildman–Crippen LogP) is 2.77. The standard InChI is InChI=1S/C18H29N3O2.ClH/c1-3-19-13-15-9-11-21(12-10-15)14-18(22)20-16-7-5-6-8-17(16)23-4-2;/h5-8,15,19H,3-4,9-14H2,1-2H3,(H,20,22);1H. The maximum Gasteiger partial charge on any atom is 0.238 e. The van der Waals surface area contributed by atoms with Crippen molar-refractivity contribution in [1.29, 1.82) is 0 Å². The van der Waals surface area contributed by atoms with Crippen LogP contribution < -0.4 is 15.4 Å². The van der Waals surface area contributed by atoms with Crippen molar-refractivity contribution in [2.24, 2.45) is 5.92 Å². The van der Waals surface area contributed by atoms with Gasteiger partial charge in [-0.1, -0.05) is 19.1 Å². The van der Waals surface area contributed by atoms with Crippen molar-refractivity contribution in [2.45, 2.75) is 26.7 Å². The first-order chi connectivity index (χ1) is 11.2. The molecule has 1 aliphatic rings. The zero-order valence-electron chi connectivity index (χ0n) is 14.7. The number of likely N-dealkylation sites (tertiary alicyclic amines) is 1. The molecule has 6 heteroatoms. The molecule has 1 amide bonds. The summed E-state index contributed by atoms with van der Waals surface area (Å²) in [6.45, 7) is 9.24. The molecule has 0 aromatic heterocycles. The number of piperidine rings is 1. The molecule has 0 radical (unpaired) electrons. The molecule has 0 spiro atoms. The molecule has 0 saturated carbocycles. The fraction of sp³-hybridized carbons (Fsp3) is 0.611. The summed E-state index contributed by atoms with van der Waals surface area (Å²) in [5.41, 5.74) is 0.751. The number of nitrogens with zero attached hydrogens (tertiary/aromatic N) is 1. The highest BCUT2D eigenvalue weighted by Gasteiger charge is 2.20. The average Bonchev–Trinajstić information content (AvgIpc) is 2.56. The van der Waals surface area contributed by atoms with Crippen molar-refractivity contribution < 1.29 is 9.53 Å². The first-order valence-corrected chi connectivity index (χ1v) is 8.67. The Morgan fingerprint density at radius 3 is 2.62 bits per heavy atom. The van der Waals surface area contributed by atoms with E-state index in [0.717, 1.165) is 56.4 Å². The number of rotatable bonds is 8. The highest BCUT2D eigenvalue weighted by molar-refractivity contribution is 5.93. The lowest BCUT2D eigenvalue weighted by molar-refractivity contribution is -0.117. The van der Waals surface area contributed by atoms with E-state index in [1.54, 1.807) is 0 Å². The lowest BCUT2D eigenvalue weighted by Crippen LogP contribution is -2.41. The van der Waals surface area contributed by atoms with Crippen LogP contribution in [0.1, 0.15) is 26.7 Å². The quantitative estimate of drug-likeness (QED) is 0.753. The average molecular weight is 356 g/mol. The zero-order valence-corrected chi connectivity index (χ0v) is 15.5. The minimum Gasteiger partial charge on any atom is -0.492 e. The summed E-state index contributed by atoms with van der Waals surface area (Å²) < 4.78 is 5.54. The first-order valence-electron chi connectivity index (χ1n) is 8.67. The summed E-state index contributed by atoms with van der Waals surface area (Å²) in [5.74, 6) is 1.50. The van der Waals surface area contributed by atoms with E-state index in [9.17, 15) is 4.79 Å². The van der Waals surface area contributed by atoms with Gasteiger partial charge in [-0.05, 0) is 64.0 Å². The third-order valence-electron chi connectivity index (χ3n) is 4.22. The largest absolute Gasteiger partial charge is 0.492 e. The minimum absolute atomic E-state index is 0. The van der Waals surface area contributed by atoms with Crippen molar-refractivity contribution in [3.63, 3.8) is 0 Å². The van der Waals surface area contributed by atoms with Gasteiger partial charge in [-0.25, -0.2) is 0 Å². The SMILES string of the molecule is CCNCC1CCN(CC(=O)Nc2ccccc2OCC)CC1.Cl. The van der Waals surface area contributed by atoms with Crippen molar-refractivity contribution in [1.82, 2.24) is 10.2 Å². The van der Waals surface area contributed by atoms with Gasteiger partial charge in [-0.3, -0.25) is 9.69 Å². The second-order valence-electron chi connectivity index (χ2n) is 6.00. The molecule has 1 saturated heterocycles. The van der Waals surface area contributed by atoms with Crippen LogP contribution in [0.15, 0.2) is 24.3 Å². The highest BCUT2D eigenvalue weighted by Crippen LogP contribution is 2.23. The fourth-order valence-electron chi connectivity index (χ4n) is 2.94. The molecule has 1 fully saturated rings. The topological polar surface area (TPSA) is 53.6 Å². The van der Waals surface area contributed by atoms with Crippen LogP contribution in [0.25, 0.3) is 0 Å².